The Balaban J connectivity index is 1.56. The molecule has 0 unspecified atom stereocenters. The lowest BCUT2D eigenvalue weighted by molar-refractivity contribution is -0.122. The number of hydrogen-bond acceptors (Lipinski definition) is 4. The van der Waals surface area contributed by atoms with Crippen LogP contribution < -0.4 is 10.6 Å². The van der Waals surface area contributed by atoms with E-state index in [4.69, 9.17) is 0 Å². The summed E-state index contributed by atoms with van der Waals surface area (Å²) < 4.78 is 2.02. The summed E-state index contributed by atoms with van der Waals surface area (Å²) in [4.78, 5) is 18.0. The molecule has 1 saturated heterocycles. The third kappa shape index (κ3) is 5.40. The average Bonchev–Trinajstić information content (AvgIpc) is 2.79. The molecular weight excluding hydrogens is 242 g/mol. The Hall–Kier alpha value is -1.40. The predicted octanol–water partition coefficient (Wildman–Crippen LogP) is -0.315. The quantitative estimate of drug-likeness (QED) is 0.692. The molecule has 2 N–H and O–H groups in total. The Bertz CT molecular complexity index is 357. The molecule has 19 heavy (non-hydrogen) atoms. The maximum atomic E-state index is 11.8. The molecule has 106 valence electrons. The molecule has 0 radical (unpaired) electrons. The second-order valence-electron chi connectivity index (χ2n) is 4.88. The molecule has 6 nitrogen and oxygen atoms in total. The van der Waals surface area contributed by atoms with Crippen LogP contribution in [0.25, 0.3) is 0 Å². The zero-order valence-corrected chi connectivity index (χ0v) is 11.3. The molecule has 0 bridgehead atoms. The van der Waals surface area contributed by atoms with Crippen LogP contribution in [0.5, 0.6) is 0 Å². The molecule has 0 aliphatic carbocycles. The van der Waals surface area contributed by atoms with Crippen LogP contribution in [-0.2, 0) is 11.3 Å². The summed E-state index contributed by atoms with van der Waals surface area (Å²) in [6.07, 6.45) is 7.56. The van der Waals surface area contributed by atoms with Gasteiger partial charge in [-0.2, -0.15) is 0 Å². The number of carbonyl (C=O) groups excluding carboxylic acids is 1. The Morgan fingerprint density at radius 3 is 3.16 bits per heavy atom. The minimum atomic E-state index is 0.132. The fourth-order valence-electron chi connectivity index (χ4n) is 2.23. The van der Waals surface area contributed by atoms with Gasteiger partial charge in [-0.1, -0.05) is 0 Å². The van der Waals surface area contributed by atoms with Gasteiger partial charge < -0.3 is 15.2 Å². The van der Waals surface area contributed by atoms with Gasteiger partial charge in [0.1, 0.15) is 0 Å². The molecule has 0 atom stereocenters. The van der Waals surface area contributed by atoms with Crippen molar-refractivity contribution in [3.05, 3.63) is 18.7 Å². The monoisotopic (exact) mass is 265 g/mol. The normalized spacial score (nSPS) is 17.1. The van der Waals surface area contributed by atoms with E-state index in [1.807, 2.05) is 10.8 Å². The van der Waals surface area contributed by atoms with Crippen molar-refractivity contribution in [2.45, 2.75) is 19.4 Å². The molecule has 2 heterocycles. The highest BCUT2D eigenvalue weighted by atomic mass is 16.2. The first-order valence-corrected chi connectivity index (χ1v) is 7.00. The fraction of sp³-hybridized carbons (Fsp3) is 0.692. The Kier molecular flexibility index (Phi) is 5.84. The van der Waals surface area contributed by atoms with Gasteiger partial charge in [-0.05, 0) is 25.9 Å². The number of amides is 1. The molecule has 1 fully saturated rings. The Labute approximate surface area is 114 Å². The Morgan fingerprint density at radius 1 is 1.37 bits per heavy atom. The Morgan fingerprint density at radius 2 is 2.32 bits per heavy atom. The molecule has 0 saturated carbocycles. The summed E-state index contributed by atoms with van der Waals surface area (Å²) in [5.41, 5.74) is 0. The van der Waals surface area contributed by atoms with Gasteiger partial charge in [0, 0.05) is 38.6 Å². The van der Waals surface area contributed by atoms with Gasteiger partial charge in [0.25, 0.3) is 0 Å². The van der Waals surface area contributed by atoms with E-state index >= 15 is 0 Å². The SMILES string of the molecule is O=C(CN1CCCNCC1)NCCCn1ccnc1. The van der Waals surface area contributed by atoms with Crippen molar-refractivity contribution in [3.8, 4) is 0 Å². The zero-order valence-electron chi connectivity index (χ0n) is 11.3. The molecule has 1 aliphatic rings. The third-order valence-corrected chi connectivity index (χ3v) is 3.27. The van der Waals surface area contributed by atoms with Crippen LogP contribution in [0.2, 0.25) is 0 Å². The van der Waals surface area contributed by atoms with E-state index in [0.717, 1.165) is 52.1 Å². The van der Waals surface area contributed by atoms with E-state index in [1.165, 1.54) is 0 Å². The van der Waals surface area contributed by atoms with Crippen molar-refractivity contribution >= 4 is 5.91 Å². The summed E-state index contributed by atoms with van der Waals surface area (Å²) in [5.74, 6) is 0.132. The first-order valence-electron chi connectivity index (χ1n) is 7.00. The van der Waals surface area contributed by atoms with Gasteiger partial charge in [-0.3, -0.25) is 9.69 Å². The average molecular weight is 265 g/mol. The lowest BCUT2D eigenvalue weighted by atomic mass is 10.3. The number of nitrogens with zero attached hydrogens (tertiary/aromatic N) is 3. The van der Waals surface area contributed by atoms with Crippen molar-refractivity contribution in [3.63, 3.8) is 0 Å². The fourth-order valence-corrected chi connectivity index (χ4v) is 2.23. The smallest absolute Gasteiger partial charge is 0.234 e. The lowest BCUT2D eigenvalue weighted by Crippen LogP contribution is -2.39. The van der Waals surface area contributed by atoms with E-state index in [2.05, 4.69) is 20.5 Å². The number of nitrogens with one attached hydrogen (secondary N) is 2. The van der Waals surface area contributed by atoms with Gasteiger partial charge in [0.2, 0.25) is 5.91 Å². The molecule has 0 spiro atoms. The summed E-state index contributed by atoms with van der Waals surface area (Å²) in [6.45, 7) is 6.15. The maximum Gasteiger partial charge on any atom is 0.234 e. The number of aromatic nitrogens is 2. The molecule has 0 aromatic carbocycles. The number of hydrogen-bond donors (Lipinski definition) is 2. The van der Waals surface area contributed by atoms with Gasteiger partial charge in [-0.15, -0.1) is 0 Å². The summed E-state index contributed by atoms with van der Waals surface area (Å²) in [6, 6.07) is 0. The molecule has 1 amide bonds. The van der Waals surface area contributed by atoms with E-state index in [-0.39, 0.29) is 5.91 Å². The molecule has 2 rings (SSSR count). The van der Waals surface area contributed by atoms with Crippen LogP contribution in [-0.4, -0.2) is 59.6 Å². The first-order chi connectivity index (χ1) is 9.34. The van der Waals surface area contributed by atoms with Crippen molar-refractivity contribution < 1.29 is 4.79 Å². The minimum absolute atomic E-state index is 0.132. The van der Waals surface area contributed by atoms with Crippen LogP contribution in [0.1, 0.15) is 12.8 Å². The maximum absolute atomic E-state index is 11.8. The third-order valence-electron chi connectivity index (χ3n) is 3.27. The number of carbonyl (C=O) groups is 1. The van der Waals surface area contributed by atoms with Crippen LogP contribution >= 0.6 is 0 Å². The van der Waals surface area contributed by atoms with Crippen LogP contribution in [0.4, 0.5) is 0 Å². The molecule has 1 aromatic rings. The second kappa shape index (κ2) is 7.91. The summed E-state index contributed by atoms with van der Waals surface area (Å²) in [7, 11) is 0. The van der Waals surface area contributed by atoms with Crippen LogP contribution in [0.3, 0.4) is 0 Å². The topological polar surface area (TPSA) is 62.2 Å². The van der Waals surface area contributed by atoms with E-state index < -0.39 is 0 Å². The van der Waals surface area contributed by atoms with Crippen LogP contribution in [0, 0.1) is 0 Å². The predicted molar refractivity (Wildman–Crippen MR) is 73.8 cm³/mol. The van der Waals surface area contributed by atoms with E-state index in [1.54, 1.807) is 12.5 Å². The van der Waals surface area contributed by atoms with Gasteiger partial charge in [0.05, 0.1) is 12.9 Å². The molecule has 6 heteroatoms. The largest absolute Gasteiger partial charge is 0.355 e. The number of imidazole rings is 1. The van der Waals surface area contributed by atoms with Gasteiger partial charge >= 0.3 is 0 Å². The number of aryl methyl sites for hydroxylation is 1. The van der Waals surface area contributed by atoms with Crippen LogP contribution in [0.15, 0.2) is 18.7 Å². The van der Waals surface area contributed by atoms with E-state index in [0.29, 0.717) is 6.54 Å². The first kappa shape index (κ1) is 14.0. The van der Waals surface area contributed by atoms with Crippen molar-refractivity contribution in [1.82, 2.24) is 25.1 Å². The summed E-state index contributed by atoms with van der Waals surface area (Å²) in [5, 5.41) is 6.31. The molecule has 1 aliphatic heterocycles. The van der Waals surface area contributed by atoms with Gasteiger partial charge in [0.15, 0.2) is 0 Å². The highest BCUT2D eigenvalue weighted by molar-refractivity contribution is 5.77. The number of rotatable bonds is 6. The highest BCUT2D eigenvalue weighted by Gasteiger charge is 2.11. The second-order valence-corrected chi connectivity index (χ2v) is 4.88. The van der Waals surface area contributed by atoms with E-state index in [9.17, 15) is 4.79 Å². The zero-order chi connectivity index (χ0) is 13.3. The molecule has 1 aromatic heterocycles. The highest BCUT2D eigenvalue weighted by Crippen LogP contribution is 1.95. The van der Waals surface area contributed by atoms with Gasteiger partial charge in [-0.25, -0.2) is 4.98 Å². The van der Waals surface area contributed by atoms with Crippen molar-refractivity contribution in [2.75, 3.05) is 39.3 Å². The standard InChI is InChI=1S/C13H23N5O/c19-13(11-17-7-1-3-14-5-9-17)16-4-2-8-18-10-6-15-12-18/h6,10,12,14H,1-5,7-9,11H2,(H,16,19). The lowest BCUT2D eigenvalue weighted by Gasteiger charge is -2.18. The molecular formula is C13H23N5O. The van der Waals surface area contributed by atoms with Crippen molar-refractivity contribution in [1.29, 1.82) is 0 Å². The van der Waals surface area contributed by atoms with Crippen molar-refractivity contribution in [2.24, 2.45) is 0 Å². The summed E-state index contributed by atoms with van der Waals surface area (Å²) >= 11 is 0. The minimum Gasteiger partial charge on any atom is -0.355 e.